The van der Waals surface area contributed by atoms with Gasteiger partial charge in [-0.05, 0) is 36.4 Å². The maximum Gasteiger partial charge on any atom is 0.537 e. The van der Waals surface area contributed by atoms with Crippen LogP contribution in [0.2, 0.25) is 0 Å². The molecule has 2 rings (SSSR count). The second-order valence-electron chi connectivity index (χ2n) is 9.77. The van der Waals surface area contributed by atoms with Gasteiger partial charge in [0.2, 0.25) is 5.91 Å². The van der Waals surface area contributed by atoms with Gasteiger partial charge in [0.05, 0.1) is 18.7 Å². The van der Waals surface area contributed by atoms with Crippen LogP contribution in [0, 0.1) is 5.92 Å². The lowest BCUT2D eigenvalue weighted by atomic mass is 9.73. The van der Waals surface area contributed by atoms with E-state index in [2.05, 4.69) is 30.8 Å². The Morgan fingerprint density at radius 2 is 1.88 bits per heavy atom. The monoisotopic (exact) mass is 617 g/mol. The van der Waals surface area contributed by atoms with Crippen LogP contribution in [0.1, 0.15) is 43.6 Å². The number of carbonyl (C=O) groups excluding carboxylic acids is 3. The van der Waals surface area contributed by atoms with Gasteiger partial charge >= 0.3 is 26.8 Å². The summed E-state index contributed by atoms with van der Waals surface area (Å²) in [7, 11) is -5.26. The average Bonchev–Trinajstić information content (AvgIpc) is 2.93. The maximum absolute atomic E-state index is 12.6. The number of nitrogens with one attached hydrogen (secondary N) is 3. The SMILES string of the molecule is CC(C)CC(NC(=O)CNC(=O)c1cnccn1)B1OCCCN(CCOC(=O)NC(P(C)O)[P+](=O)O)CCCO1. The van der Waals surface area contributed by atoms with Crippen LogP contribution in [0.15, 0.2) is 18.6 Å². The largest absolute Gasteiger partial charge is 0.537 e. The third-order valence-electron chi connectivity index (χ3n) is 5.86. The summed E-state index contributed by atoms with van der Waals surface area (Å²) in [6.45, 7) is 7.81. The summed E-state index contributed by atoms with van der Waals surface area (Å²) in [5.74, 6) is -1.04. The minimum atomic E-state index is -2.77. The highest BCUT2D eigenvalue weighted by molar-refractivity contribution is 7.64. The van der Waals surface area contributed by atoms with Crippen molar-refractivity contribution in [2.45, 2.75) is 44.6 Å². The molecule has 0 radical (unpaired) electrons. The molecule has 1 fully saturated rings. The second-order valence-corrected chi connectivity index (χ2v) is 13.0. The number of ether oxygens (including phenoxy) is 1. The number of hydrogen-bond donors (Lipinski definition) is 5. The Balaban J connectivity index is 1.80. The lowest BCUT2D eigenvalue weighted by molar-refractivity contribution is -0.120. The van der Waals surface area contributed by atoms with Crippen molar-refractivity contribution in [3.63, 3.8) is 0 Å². The number of hydrogen-bond acceptors (Lipinski definition) is 11. The molecule has 0 aliphatic carbocycles. The quantitative estimate of drug-likeness (QED) is 0.153. The summed E-state index contributed by atoms with van der Waals surface area (Å²) in [5.41, 5.74) is -1.12. The second kappa shape index (κ2) is 19.0. The van der Waals surface area contributed by atoms with Gasteiger partial charge < -0.3 is 29.6 Å². The molecule has 1 aliphatic heterocycles. The summed E-state index contributed by atoms with van der Waals surface area (Å²) in [6, 6.07) is 0. The zero-order valence-electron chi connectivity index (χ0n) is 23.6. The molecule has 1 aromatic heterocycles. The number of alkyl carbamates (subject to hydrolysis) is 1. The van der Waals surface area contributed by atoms with E-state index in [0.717, 1.165) is 0 Å². The van der Waals surface area contributed by atoms with E-state index in [0.29, 0.717) is 52.1 Å². The van der Waals surface area contributed by atoms with Crippen LogP contribution in [0.25, 0.3) is 0 Å². The average molecular weight is 617 g/mol. The van der Waals surface area contributed by atoms with E-state index in [1.807, 2.05) is 13.8 Å². The van der Waals surface area contributed by atoms with E-state index in [-0.39, 0.29) is 30.7 Å². The zero-order valence-corrected chi connectivity index (χ0v) is 25.4. The maximum atomic E-state index is 12.6. The fraction of sp³-hybridized carbons (Fsp3) is 0.696. The zero-order chi connectivity index (χ0) is 30.2. The van der Waals surface area contributed by atoms with E-state index in [1.165, 1.54) is 25.3 Å². The minimum Gasteiger partial charge on any atom is -0.448 e. The Bertz CT molecular complexity index is 970. The smallest absolute Gasteiger partial charge is 0.448 e. The Labute approximate surface area is 242 Å². The third kappa shape index (κ3) is 13.9. The van der Waals surface area contributed by atoms with Crippen LogP contribution in [0.4, 0.5) is 4.79 Å². The normalized spacial score (nSPS) is 17.6. The molecule has 1 aliphatic rings. The molecule has 4 unspecified atom stereocenters. The molecule has 228 valence electrons. The standard InChI is InChI=1S/C23H39BN6O9P2/c1-17(2)14-19(28-20(31)16-27-21(32)18-15-25-6-7-26-18)24-38-11-4-8-30(9-5-12-39-24)10-13-37-22(33)29-23(40(3)34)41(35)36/h6-7,15,17,19,23,34H,4-5,8-14,16H2,1-3H3,(H3-,27,28,29,31,32,33,35,36)/p+1. The third-order valence-corrected chi connectivity index (χ3v) is 8.84. The Morgan fingerprint density at radius 3 is 2.44 bits per heavy atom. The van der Waals surface area contributed by atoms with Crippen LogP contribution in [-0.4, -0.2) is 114 Å². The number of aromatic nitrogens is 2. The van der Waals surface area contributed by atoms with Gasteiger partial charge in [0.25, 0.3) is 5.91 Å². The van der Waals surface area contributed by atoms with Gasteiger partial charge in [0.1, 0.15) is 20.4 Å². The first-order valence-electron chi connectivity index (χ1n) is 13.4. The number of amides is 3. The van der Waals surface area contributed by atoms with E-state index in [9.17, 15) is 28.7 Å². The molecule has 5 N–H and O–H groups in total. The molecule has 0 spiro atoms. The molecule has 3 amide bonds. The lowest BCUT2D eigenvalue weighted by Crippen LogP contribution is -2.52. The molecule has 1 aromatic rings. The number of carbonyl (C=O) groups is 3. The van der Waals surface area contributed by atoms with Crippen molar-refractivity contribution in [2.24, 2.45) is 5.92 Å². The summed E-state index contributed by atoms with van der Waals surface area (Å²) in [4.78, 5) is 65.4. The van der Waals surface area contributed by atoms with Crippen molar-refractivity contribution < 1.29 is 42.8 Å². The van der Waals surface area contributed by atoms with Crippen molar-refractivity contribution in [1.82, 2.24) is 30.8 Å². The summed E-state index contributed by atoms with van der Waals surface area (Å²) in [6.07, 6.45) is 5.25. The Hall–Kier alpha value is -2.32. The Morgan fingerprint density at radius 1 is 1.20 bits per heavy atom. The first-order valence-corrected chi connectivity index (χ1v) is 16.5. The first kappa shape index (κ1) is 34.9. The van der Waals surface area contributed by atoms with E-state index in [4.69, 9.17) is 14.0 Å². The molecule has 0 saturated carbocycles. The minimum absolute atomic E-state index is 0.0635. The van der Waals surface area contributed by atoms with E-state index >= 15 is 0 Å². The van der Waals surface area contributed by atoms with Crippen molar-refractivity contribution >= 4 is 41.2 Å². The van der Waals surface area contributed by atoms with Gasteiger partial charge in [-0.1, -0.05) is 13.8 Å². The lowest BCUT2D eigenvalue weighted by Gasteiger charge is -2.29. The van der Waals surface area contributed by atoms with Crippen LogP contribution in [0.3, 0.4) is 0 Å². The summed E-state index contributed by atoms with van der Waals surface area (Å²) < 4.78 is 28.4. The van der Waals surface area contributed by atoms with Gasteiger partial charge in [-0.2, -0.15) is 4.89 Å². The van der Waals surface area contributed by atoms with Crippen molar-refractivity contribution in [3.05, 3.63) is 24.3 Å². The highest BCUT2D eigenvalue weighted by Crippen LogP contribution is 2.43. The summed E-state index contributed by atoms with van der Waals surface area (Å²) in [5, 5.41) is 7.70. The van der Waals surface area contributed by atoms with Gasteiger partial charge in [-0.3, -0.25) is 24.8 Å². The number of nitrogens with zero attached hydrogens (tertiary/aromatic N) is 3. The predicted molar refractivity (Wildman–Crippen MR) is 152 cm³/mol. The number of rotatable bonds is 13. The Kier molecular flexibility index (Phi) is 16.2. The molecular formula is C23H40BN6O9P2+. The molecule has 15 nitrogen and oxygen atoms in total. The van der Waals surface area contributed by atoms with Crippen molar-refractivity contribution in [3.8, 4) is 0 Å². The predicted octanol–water partition coefficient (Wildman–Crippen LogP) is 0.657. The van der Waals surface area contributed by atoms with E-state index < -0.39 is 46.8 Å². The molecule has 1 saturated heterocycles. The molecule has 2 heterocycles. The fourth-order valence-corrected chi connectivity index (χ4v) is 5.62. The highest BCUT2D eigenvalue weighted by Gasteiger charge is 2.36. The molecule has 0 bridgehead atoms. The molecular weight excluding hydrogens is 577 g/mol. The van der Waals surface area contributed by atoms with Crippen LogP contribution in [-0.2, 0) is 23.4 Å². The van der Waals surface area contributed by atoms with Crippen molar-refractivity contribution in [1.29, 1.82) is 0 Å². The van der Waals surface area contributed by atoms with Gasteiger partial charge in [-0.15, -0.1) is 0 Å². The van der Waals surface area contributed by atoms with Gasteiger partial charge in [0, 0.05) is 45.2 Å². The van der Waals surface area contributed by atoms with Gasteiger partial charge in [-0.25, -0.2) is 9.78 Å². The molecule has 18 heteroatoms. The van der Waals surface area contributed by atoms with E-state index in [1.54, 1.807) is 0 Å². The topological polar surface area (TPSA) is 202 Å². The molecule has 0 aromatic carbocycles. The molecule has 41 heavy (non-hydrogen) atoms. The fourth-order valence-electron chi connectivity index (χ4n) is 3.97. The first-order chi connectivity index (χ1) is 19.6. The molecule has 4 atom stereocenters. The van der Waals surface area contributed by atoms with Crippen molar-refractivity contribution in [2.75, 3.05) is 52.7 Å². The van der Waals surface area contributed by atoms with Crippen LogP contribution >= 0.6 is 16.2 Å². The van der Waals surface area contributed by atoms with Crippen LogP contribution in [0.5, 0.6) is 0 Å². The summed E-state index contributed by atoms with van der Waals surface area (Å²) >= 11 is 0. The highest BCUT2D eigenvalue weighted by atomic mass is 31.2. The van der Waals surface area contributed by atoms with Crippen LogP contribution < -0.4 is 16.0 Å². The van der Waals surface area contributed by atoms with Gasteiger partial charge in [0.15, 0.2) is 0 Å².